The highest BCUT2D eigenvalue weighted by Gasteiger charge is 2.24. The van der Waals surface area contributed by atoms with E-state index >= 15 is 0 Å². The van der Waals surface area contributed by atoms with Gasteiger partial charge in [-0.05, 0) is 12.2 Å². The molecule has 11 heavy (non-hydrogen) atoms. The number of allylic oxidation sites excluding steroid dienone is 2. The molecule has 0 saturated carbocycles. The summed E-state index contributed by atoms with van der Waals surface area (Å²) in [7, 11) is 0. The smallest absolute Gasteiger partial charge is 0.342 e. The Labute approximate surface area is 63.6 Å². The van der Waals surface area contributed by atoms with E-state index in [4.69, 9.17) is 9.47 Å². The largest absolute Gasteiger partial charge is 0.458 e. The van der Waals surface area contributed by atoms with E-state index in [1.807, 2.05) is 0 Å². The van der Waals surface area contributed by atoms with E-state index < -0.39 is 0 Å². The van der Waals surface area contributed by atoms with Crippen LogP contribution >= 0.6 is 0 Å². The molecule has 0 aromatic rings. The minimum Gasteiger partial charge on any atom is -0.458 e. The fraction of sp³-hybridized carbons (Fsp3) is 0.125. The van der Waals surface area contributed by atoms with Crippen LogP contribution in [0.3, 0.4) is 0 Å². The maximum atomic E-state index is 11.0. The van der Waals surface area contributed by atoms with Gasteiger partial charge < -0.3 is 9.47 Å². The Kier molecular flexibility index (Phi) is 1.12. The third kappa shape index (κ3) is 0.852. The van der Waals surface area contributed by atoms with Crippen LogP contribution in [0.1, 0.15) is 0 Å². The van der Waals surface area contributed by atoms with Gasteiger partial charge in [0.2, 0.25) is 0 Å². The van der Waals surface area contributed by atoms with Crippen LogP contribution < -0.4 is 0 Å². The van der Waals surface area contributed by atoms with Crippen LogP contribution in [-0.4, -0.2) is 12.6 Å². The Morgan fingerprint density at radius 3 is 3.00 bits per heavy atom. The molecule has 0 radical (unpaired) electrons. The molecule has 2 bridgehead atoms. The van der Waals surface area contributed by atoms with Gasteiger partial charge >= 0.3 is 5.97 Å². The highest BCUT2D eigenvalue weighted by atomic mass is 16.6. The van der Waals surface area contributed by atoms with E-state index in [0.29, 0.717) is 17.1 Å². The second kappa shape index (κ2) is 1.99. The van der Waals surface area contributed by atoms with Gasteiger partial charge in [-0.3, -0.25) is 0 Å². The van der Waals surface area contributed by atoms with Crippen molar-refractivity contribution in [3.05, 3.63) is 35.8 Å². The Hall–Kier alpha value is -1.51. The van der Waals surface area contributed by atoms with Crippen LogP contribution in [0.4, 0.5) is 0 Å². The van der Waals surface area contributed by atoms with Gasteiger partial charge in [0.15, 0.2) is 0 Å². The number of ether oxygens (including phenoxy) is 2. The van der Waals surface area contributed by atoms with Crippen molar-refractivity contribution in [3.63, 3.8) is 0 Å². The van der Waals surface area contributed by atoms with Crippen LogP contribution in [0.5, 0.6) is 0 Å². The number of hydrogen-bond acceptors (Lipinski definition) is 3. The molecule has 0 atom stereocenters. The molecule has 0 spiro atoms. The Balaban J connectivity index is 2.47. The average Bonchev–Trinajstić information content (AvgIpc) is 2.21. The summed E-state index contributed by atoms with van der Waals surface area (Å²) in [5, 5.41) is 0. The van der Waals surface area contributed by atoms with Gasteiger partial charge in [0.05, 0.1) is 0 Å². The predicted octanol–water partition coefficient (Wildman–Crippen LogP) is 0.897. The maximum absolute atomic E-state index is 11.0. The zero-order chi connectivity index (χ0) is 7.84. The molecule has 0 unspecified atom stereocenters. The van der Waals surface area contributed by atoms with Gasteiger partial charge in [-0.25, -0.2) is 4.79 Å². The zero-order valence-electron chi connectivity index (χ0n) is 5.79. The molecule has 3 nitrogen and oxygen atoms in total. The van der Waals surface area contributed by atoms with Crippen molar-refractivity contribution in [3.8, 4) is 0 Å². The summed E-state index contributed by atoms with van der Waals surface area (Å²) in [5.41, 5.74) is 0.409. The first-order chi connectivity index (χ1) is 5.27. The summed E-state index contributed by atoms with van der Waals surface area (Å²) in [6.07, 6.45) is 3.38. The second-order valence-electron chi connectivity index (χ2n) is 2.31. The normalized spacial score (nSPS) is 21.5. The van der Waals surface area contributed by atoms with Crippen molar-refractivity contribution in [2.24, 2.45) is 0 Å². The van der Waals surface area contributed by atoms with E-state index in [1.165, 1.54) is 0 Å². The highest BCUT2D eigenvalue weighted by molar-refractivity contribution is 5.94. The minimum absolute atomic E-state index is 0.206. The molecule has 3 aliphatic heterocycles. The molecule has 56 valence electrons. The average molecular weight is 150 g/mol. The predicted molar refractivity (Wildman–Crippen MR) is 37.4 cm³/mol. The lowest BCUT2D eigenvalue weighted by Crippen LogP contribution is -2.05. The quantitative estimate of drug-likeness (QED) is 0.481. The van der Waals surface area contributed by atoms with E-state index in [9.17, 15) is 4.79 Å². The second-order valence-corrected chi connectivity index (χ2v) is 2.31. The van der Waals surface area contributed by atoms with Crippen LogP contribution in [-0.2, 0) is 14.3 Å². The molecular formula is C8H6O3. The first-order valence-corrected chi connectivity index (χ1v) is 3.22. The molecule has 0 aliphatic carbocycles. The summed E-state index contributed by atoms with van der Waals surface area (Å²) >= 11 is 0. The van der Waals surface area contributed by atoms with Crippen LogP contribution in [0.15, 0.2) is 35.8 Å². The van der Waals surface area contributed by atoms with Crippen LogP contribution in [0.2, 0.25) is 0 Å². The van der Waals surface area contributed by atoms with Crippen LogP contribution in [0, 0.1) is 0 Å². The zero-order valence-corrected chi connectivity index (χ0v) is 5.79. The van der Waals surface area contributed by atoms with Gasteiger partial charge in [-0.1, -0.05) is 6.58 Å². The highest BCUT2D eigenvalue weighted by Crippen LogP contribution is 2.24. The van der Waals surface area contributed by atoms with Crippen molar-refractivity contribution in [2.75, 3.05) is 6.61 Å². The third-order valence-electron chi connectivity index (χ3n) is 1.56. The van der Waals surface area contributed by atoms with Gasteiger partial charge in [-0.2, -0.15) is 0 Å². The summed E-state index contributed by atoms with van der Waals surface area (Å²) in [5.74, 6) is 0.647. The van der Waals surface area contributed by atoms with Crippen molar-refractivity contribution < 1.29 is 14.3 Å². The van der Waals surface area contributed by atoms with Crippen molar-refractivity contribution >= 4 is 5.97 Å². The van der Waals surface area contributed by atoms with Crippen molar-refractivity contribution in [1.29, 1.82) is 0 Å². The maximum Gasteiger partial charge on any atom is 0.342 e. The number of esters is 1. The molecule has 3 aliphatic rings. The minimum atomic E-state index is -0.362. The van der Waals surface area contributed by atoms with Gasteiger partial charge in [0, 0.05) is 0 Å². The fourth-order valence-electron chi connectivity index (χ4n) is 0.990. The van der Waals surface area contributed by atoms with E-state index in [1.54, 1.807) is 12.2 Å². The summed E-state index contributed by atoms with van der Waals surface area (Å²) in [6.45, 7) is 3.78. The monoisotopic (exact) mass is 150 g/mol. The summed E-state index contributed by atoms with van der Waals surface area (Å²) < 4.78 is 9.93. The Morgan fingerprint density at radius 2 is 2.27 bits per heavy atom. The number of rotatable bonds is 0. The molecule has 3 heterocycles. The topological polar surface area (TPSA) is 35.5 Å². The first kappa shape index (κ1) is 6.22. The summed E-state index contributed by atoms with van der Waals surface area (Å²) in [4.78, 5) is 11.0. The molecule has 0 aromatic heterocycles. The number of hydrogen-bond donors (Lipinski definition) is 0. The van der Waals surface area contributed by atoms with Gasteiger partial charge in [0.1, 0.15) is 23.7 Å². The Bertz CT molecular complexity index is 286. The molecule has 3 heteroatoms. The van der Waals surface area contributed by atoms with Crippen molar-refractivity contribution in [1.82, 2.24) is 0 Å². The van der Waals surface area contributed by atoms with Gasteiger partial charge in [0.25, 0.3) is 0 Å². The number of fused-ring (bicyclic) bond motifs is 4. The number of carbonyl (C=O) groups excluding carboxylic acids is 1. The summed E-state index contributed by atoms with van der Waals surface area (Å²) in [6, 6.07) is 0. The molecule has 1 fully saturated rings. The fourth-order valence-corrected chi connectivity index (χ4v) is 0.990. The third-order valence-corrected chi connectivity index (χ3v) is 1.56. The van der Waals surface area contributed by atoms with Gasteiger partial charge in [-0.15, -0.1) is 0 Å². The molecule has 0 aromatic carbocycles. The molecule has 0 amide bonds. The van der Waals surface area contributed by atoms with E-state index in [0.717, 1.165) is 0 Å². The lowest BCUT2D eigenvalue weighted by Gasteiger charge is -2.08. The first-order valence-electron chi connectivity index (χ1n) is 3.22. The Morgan fingerprint density at radius 1 is 1.45 bits per heavy atom. The van der Waals surface area contributed by atoms with Crippen LogP contribution in [0.25, 0.3) is 0 Å². The van der Waals surface area contributed by atoms with E-state index in [-0.39, 0.29) is 12.6 Å². The molecule has 1 saturated heterocycles. The molecule has 0 N–H and O–H groups in total. The van der Waals surface area contributed by atoms with E-state index in [2.05, 4.69) is 6.58 Å². The lowest BCUT2D eigenvalue weighted by molar-refractivity contribution is -0.137. The number of carbonyl (C=O) groups is 1. The standard InChI is InChI=1S/C8H6O3/c1-5-7-3-2-6(11-5)4-10-8(7)9/h2-3H,1,4H2. The lowest BCUT2D eigenvalue weighted by atomic mass is 10.2. The molecule has 3 rings (SSSR count). The van der Waals surface area contributed by atoms with Crippen molar-refractivity contribution in [2.45, 2.75) is 0 Å². The molecular weight excluding hydrogens is 144 g/mol. The SMILES string of the molecule is C=C1OC2=CC=C1C(=O)OC2.